The SMILES string of the molecule is COc1cc(NC(=O)c2ccc3c(c2)N(C)C2CCCCN2C3=O)cc(OC)c1. The second-order valence-electron chi connectivity index (χ2n) is 7.37. The Morgan fingerprint density at radius 2 is 1.79 bits per heavy atom. The standard InChI is InChI=1S/C22H25N3O4/c1-24-19-10-14(7-8-18(19)22(27)25-9-5-4-6-20(24)25)21(26)23-15-11-16(28-2)13-17(12-15)29-3/h7-8,10-13,20H,4-6,9H2,1-3H3,(H,23,26). The van der Waals surface area contributed by atoms with Crippen molar-refractivity contribution in [3.8, 4) is 11.5 Å². The summed E-state index contributed by atoms with van der Waals surface area (Å²) in [6.45, 7) is 0.785. The number of amides is 2. The summed E-state index contributed by atoms with van der Waals surface area (Å²) < 4.78 is 10.5. The first kappa shape index (κ1) is 19.1. The van der Waals surface area contributed by atoms with Crippen LogP contribution in [0.3, 0.4) is 0 Å². The number of fused-ring (bicyclic) bond motifs is 2. The minimum atomic E-state index is -0.255. The van der Waals surface area contributed by atoms with Crippen molar-refractivity contribution in [1.29, 1.82) is 0 Å². The Bertz CT molecular complexity index is 937. The number of nitrogens with one attached hydrogen (secondary N) is 1. The Morgan fingerprint density at radius 1 is 1.07 bits per heavy atom. The summed E-state index contributed by atoms with van der Waals surface area (Å²) in [5, 5.41) is 2.88. The highest BCUT2D eigenvalue weighted by molar-refractivity contribution is 6.08. The van der Waals surface area contributed by atoms with Gasteiger partial charge < -0.3 is 24.6 Å². The van der Waals surface area contributed by atoms with Crippen LogP contribution in [0.1, 0.15) is 40.0 Å². The molecule has 0 radical (unpaired) electrons. The molecule has 0 bridgehead atoms. The molecule has 4 rings (SSSR count). The van der Waals surface area contributed by atoms with Crippen molar-refractivity contribution in [3.05, 3.63) is 47.5 Å². The fourth-order valence-corrected chi connectivity index (χ4v) is 4.10. The third kappa shape index (κ3) is 3.48. The van der Waals surface area contributed by atoms with Crippen LogP contribution in [0.2, 0.25) is 0 Å². The number of carbonyl (C=O) groups excluding carboxylic acids is 2. The predicted molar refractivity (Wildman–Crippen MR) is 111 cm³/mol. The molecule has 7 nitrogen and oxygen atoms in total. The van der Waals surface area contributed by atoms with E-state index in [-0.39, 0.29) is 18.0 Å². The Balaban J connectivity index is 1.61. The third-order valence-electron chi connectivity index (χ3n) is 5.66. The molecule has 2 heterocycles. The van der Waals surface area contributed by atoms with Crippen LogP contribution < -0.4 is 19.7 Å². The molecule has 0 aliphatic carbocycles. The van der Waals surface area contributed by atoms with Crippen LogP contribution in [0.4, 0.5) is 11.4 Å². The maximum atomic E-state index is 12.9. The smallest absolute Gasteiger partial charge is 0.257 e. The summed E-state index contributed by atoms with van der Waals surface area (Å²) in [6.07, 6.45) is 3.15. The van der Waals surface area contributed by atoms with Gasteiger partial charge in [0, 0.05) is 43.0 Å². The van der Waals surface area contributed by atoms with Gasteiger partial charge in [-0.15, -0.1) is 0 Å². The van der Waals surface area contributed by atoms with Crippen molar-refractivity contribution < 1.29 is 19.1 Å². The molecule has 0 aromatic heterocycles. The van der Waals surface area contributed by atoms with E-state index in [9.17, 15) is 9.59 Å². The summed E-state index contributed by atoms with van der Waals surface area (Å²) in [5.74, 6) is 0.975. The molecule has 2 aliphatic heterocycles. The first-order valence-corrected chi connectivity index (χ1v) is 9.74. The number of piperidine rings is 1. The van der Waals surface area contributed by atoms with Gasteiger partial charge in [-0.25, -0.2) is 0 Å². The first-order valence-electron chi connectivity index (χ1n) is 9.74. The lowest BCUT2D eigenvalue weighted by Crippen LogP contribution is -2.55. The fourth-order valence-electron chi connectivity index (χ4n) is 4.10. The van der Waals surface area contributed by atoms with Gasteiger partial charge in [0.25, 0.3) is 11.8 Å². The summed E-state index contributed by atoms with van der Waals surface area (Å²) in [4.78, 5) is 29.8. The van der Waals surface area contributed by atoms with Crippen molar-refractivity contribution in [1.82, 2.24) is 4.90 Å². The second kappa shape index (κ2) is 7.66. The molecule has 7 heteroatoms. The van der Waals surface area contributed by atoms with E-state index >= 15 is 0 Å². The first-order chi connectivity index (χ1) is 14.0. The molecule has 2 amide bonds. The van der Waals surface area contributed by atoms with Crippen molar-refractivity contribution in [2.45, 2.75) is 25.4 Å². The van der Waals surface area contributed by atoms with E-state index in [1.807, 2.05) is 11.9 Å². The molecule has 152 valence electrons. The Morgan fingerprint density at radius 3 is 2.48 bits per heavy atom. The number of hydrogen-bond acceptors (Lipinski definition) is 5. The maximum Gasteiger partial charge on any atom is 0.257 e. The fraction of sp³-hybridized carbons (Fsp3) is 0.364. The Hall–Kier alpha value is -3.22. The molecule has 2 aromatic carbocycles. The Labute approximate surface area is 170 Å². The number of rotatable bonds is 4. The van der Waals surface area contributed by atoms with Gasteiger partial charge in [-0.3, -0.25) is 9.59 Å². The number of nitrogens with zero attached hydrogens (tertiary/aromatic N) is 2. The van der Waals surface area contributed by atoms with Gasteiger partial charge in [-0.2, -0.15) is 0 Å². The molecule has 0 saturated carbocycles. The van der Waals surface area contributed by atoms with E-state index in [0.29, 0.717) is 28.3 Å². The Kier molecular flexibility index (Phi) is 5.05. The highest BCUT2D eigenvalue weighted by Crippen LogP contribution is 2.35. The lowest BCUT2D eigenvalue weighted by Gasteiger charge is -2.46. The average molecular weight is 395 g/mol. The van der Waals surface area contributed by atoms with Gasteiger partial charge in [0.05, 0.1) is 25.5 Å². The molecule has 1 atom stereocenters. The molecule has 1 fully saturated rings. The zero-order valence-corrected chi connectivity index (χ0v) is 16.9. The number of ether oxygens (including phenoxy) is 2. The van der Waals surface area contributed by atoms with Crippen molar-refractivity contribution in [2.75, 3.05) is 38.0 Å². The lowest BCUT2D eigenvalue weighted by atomic mass is 9.97. The van der Waals surface area contributed by atoms with Gasteiger partial charge in [0.2, 0.25) is 0 Å². The zero-order chi connectivity index (χ0) is 20.5. The van der Waals surface area contributed by atoms with Gasteiger partial charge in [0.15, 0.2) is 0 Å². The molecular weight excluding hydrogens is 370 g/mol. The van der Waals surface area contributed by atoms with Crippen LogP contribution >= 0.6 is 0 Å². The molecule has 2 aromatic rings. The average Bonchev–Trinajstić information content (AvgIpc) is 2.76. The van der Waals surface area contributed by atoms with Crippen LogP contribution in [0, 0.1) is 0 Å². The van der Waals surface area contributed by atoms with E-state index in [1.54, 1.807) is 50.6 Å². The summed E-state index contributed by atoms with van der Waals surface area (Å²) in [5.41, 5.74) is 2.51. The number of methoxy groups -OCH3 is 2. The number of anilines is 2. The van der Waals surface area contributed by atoms with Crippen molar-refractivity contribution >= 4 is 23.2 Å². The van der Waals surface area contributed by atoms with E-state index in [1.165, 1.54) is 0 Å². The van der Waals surface area contributed by atoms with E-state index < -0.39 is 0 Å². The van der Waals surface area contributed by atoms with Crippen LogP contribution in [0.5, 0.6) is 11.5 Å². The highest BCUT2D eigenvalue weighted by atomic mass is 16.5. The molecular formula is C22H25N3O4. The molecule has 0 spiro atoms. The summed E-state index contributed by atoms with van der Waals surface area (Å²) in [7, 11) is 5.11. The quantitative estimate of drug-likeness (QED) is 0.860. The lowest BCUT2D eigenvalue weighted by molar-refractivity contribution is 0.0589. The number of carbonyl (C=O) groups is 2. The zero-order valence-electron chi connectivity index (χ0n) is 16.9. The predicted octanol–water partition coefficient (Wildman–Crippen LogP) is 3.36. The van der Waals surface area contributed by atoms with Crippen molar-refractivity contribution in [3.63, 3.8) is 0 Å². The van der Waals surface area contributed by atoms with E-state index in [2.05, 4.69) is 10.2 Å². The second-order valence-corrected chi connectivity index (χ2v) is 7.37. The van der Waals surface area contributed by atoms with Gasteiger partial charge in [-0.05, 0) is 37.5 Å². The van der Waals surface area contributed by atoms with Crippen LogP contribution in [-0.2, 0) is 0 Å². The number of hydrogen-bond donors (Lipinski definition) is 1. The van der Waals surface area contributed by atoms with E-state index in [4.69, 9.17) is 9.47 Å². The van der Waals surface area contributed by atoms with Crippen molar-refractivity contribution in [2.24, 2.45) is 0 Å². The molecule has 29 heavy (non-hydrogen) atoms. The summed E-state index contributed by atoms with van der Waals surface area (Å²) >= 11 is 0. The maximum absolute atomic E-state index is 12.9. The van der Waals surface area contributed by atoms with Gasteiger partial charge >= 0.3 is 0 Å². The van der Waals surface area contributed by atoms with Crippen LogP contribution in [0.15, 0.2) is 36.4 Å². The minimum absolute atomic E-state index is 0.0484. The third-order valence-corrected chi connectivity index (χ3v) is 5.66. The molecule has 1 unspecified atom stereocenters. The largest absolute Gasteiger partial charge is 0.497 e. The van der Waals surface area contributed by atoms with Crippen LogP contribution in [-0.4, -0.2) is 50.7 Å². The normalized spacial score (nSPS) is 18.0. The highest BCUT2D eigenvalue weighted by Gasteiger charge is 2.37. The number of benzene rings is 2. The van der Waals surface area contributed by atoms with Gasteiger partial charge in [0.1, 0.15) is 17.7 Å². The van der Waals surface area contributed by atoms with Gasteiger partial charge in [-0.1, -0.05) is 0 Å². The molecule has 1 N–H and O–H groups in total. The van der Waals surface area contributed by atoms with E-state index in [0.717, 1.165) is 31.5 Å². The molecule has 1 saturated heterocycles. The summed E-state index contributed by atoms with van der Waals surface area (Å²) in [6, 6.07) is 10.4. The molecule has 2 aliphatic rings. The monoisotopic (exact) mass is 395 g/mol. The van der Waals surface area contributed by atoms with Crippen LogP contribution in [0.25, 0.3) is 0 Å². The minimum Gasteiger partial charge on any atom is -0.497 e. The topological polar surface area (TPSA) is 71.1 Å².